The molecule has 3 aromatic carbocycles. The minimum Gasteiger partial charge on any atom is -0.494 e. The van der Waals surface area contributed by atoms with Gasteiger partial charge in [-0.2, -0.15) is 0 Å². The third kappa shape index (κ3) is 4.82. The van der Waals surface area contributed by atoms with Crippen LogP contribution in [0.25, 0.3) is 0 Å². The maximum atomic E-state index is 13.2. The van der Waals surface area contributed by atoms with Crippen molar-refractivity contribution in [2.75, 3.05) is 13.2 Å². The van der Waals surface area contributed by atoms with Gasteiger partial charge in [0.2, 0.25) is 11.8 Å². The summed E-state index contributed by atoms with van der Waals surface area (Å²) in [5.74, 6) is -0.00931. The van der Waals surface area contributed by atoms with Crippen LogP contribution in [0.3, 0.4) is 0 Å². The zero-order valence-corrected chi connectivity index (χ0v) is 20.1. The number of ether oxygens (including phenoxy) is 1. The summed E-state index contributed by atoms with van der Waals surface area (Å²) in [6, 6.07) is 23.5. The minimum absolute atomic E-state index is 0.0802. The summed E-state index contributed by atoms with van der Waals surface area (Å²) in [6.45, 7) is 2.32. The molecule has 1 heterocycles. The fourth-order valence-electron chi connectivity index (χ4n) is 4.74. The highest BCUT2D eigenvalue weighted by molar-refractivity contribution is 6.05. The first-order chi connectivity index (χ1) is 17.6. The van der Waals surface area contributed by atoms with E-state index < -0.39 is 6.04 Å². The van der Waals surface area contributed by atoms with Gasteiger partial charge >= 0.3 is 0 Å². The first-order valence-corrected chi connectivity index (χ1v) is 12.3. The number of nitrogens with zero attached hydrogens (tertiary/aromatic N) is 1. The molecular formula is C29H29N3O4. The van der Waals surface area contributed by atoms with E-state index in [0.29, 0.717) is 17.7 Å². The van der Waals surface area contributed by atoms with Crippen molar-refractivity contribution in [1.82, 2.24) is 15.5 Å². The molecule has 2 aliphatic rings. The molecule has 0 radical (unpaired) electrons. The summed E-state index contributed by atoms with van der Waals surface area (Å²) < 4.78 is 5.54. The first kappa shape index (κ1) is 23.6. The van der Waals surface area contributed by atoms with Crippen LogP contribution in [-0.2, 0) is 9.59 Å². The van der Waals surface area contributed by atoms with Crippen LogP contribution in [0.15, 0.2) is 78.9 Å². The molecule has 2 atom stereocenters. The summed E-state index contributed by atoms with van der Waals surface area (Å²) in [5, 5.41) is 5.81. The van der Waals surface area contributed by atoms with E-state index in [9.17, 15) is 14.4 Å². The Kier molecular flexibility index (Phi) is 6.71. The lowest BCUT2D eigenvalue weighted by atomic mass is 9.98. The van der Waals surface area contributed by atoms with Gasteiger partial charge in [0.05, 0.1) is 19.2 Å². The highest BCUT2D eigenvalue weighted by atomic mass is 16.5. The third-order valence-electron chi connectivity index (χ3n) is 6.57. The first-order valence-electron chi connectivity index (χ1n) is 12.3. The lowest BCUT2D eigenvalue weighted by Crippen LogP contribution is -2.44. The molecule has 2 N–H and O–H groups in total. The zero-order chi connectivity index (χ0) is 25.1. The van der Waals surface area contributed by atoms with Crippen LogP contribution in [-0.4, -0.2) is 41.8 Å². The number of carbonyl (C=O) groups excluding carboxylic acids is 3. The van der Waals surface area contributed by atoms with Crippen LogP contribution in [0, 0.1) is 0 Å². The number of hydrogen-bond acceptors (Lipinski definition) is 4. The van der Waals surface area contributed by atoms with Crippen LogP contribution in [0.1, 0.15) is 58.9 Å². The summed E-state index contributed by atoms with van der Waals surface area (Å²) in [5.41, 5.74) is 3.09. The van der Waals surface area contributed by atoms with Gasteiger partial charge in [0.1, 0.15) is 11.8 Å². The highest BCUT2D eigenvalue weighted by Gasteiger charge is 2.47. The standard InChI is InChI=1S/C29H29N3O4/c1-2-36-22-16-12-20(13-17-22)26(19-8-4-3-5-9-19)31-25(33)18-30-28(34)27-23-10-6-7-11-24(23)29(35)32(27)21-14-15-21/h3-13,16-17,21,26-27H,2,14-15,18H2,1H3,(H,30,34)(H,31,33)/t26-,27-/m0/s1. The van der Waals surface area contributed by atoms with E-state index in [4.69, 9.17) is 4.74 Å². The maximum absolute atomic E-state index is 13.2. The van der Waals surface area contributed by atoms with Crippen molar-refractivity contribution in [3.05, 3.63) is 101 Å². The van der Waals surface area contributed by atoms with E-state index in [-0.39, 0.29) is 36.3 Å². The van der Waals surface area contributed by atoms with E-state index in [2.05, 4.69) is 10.6 Å². The van der Waals surface area contributed by atoms with Crippen LogP contribution in [0.4, 0.5) is 0 Å². The van der Waals surface area contributed by atoms with Gasteiger partial charge in [-0.25, -0.2) is 0 Å². The Balaban J connectivity index is 1.29. The molecule has 184 valence electrons. The molecule has 0 bridgehead atoms. The molecule has 7 heteroatoms. The van der Waals surface area contributed by atoms with E-state index in [1.165, 1.54) is 0 Å². The number of nitrogens with one attached hydrogen (secondary N) is 2. The molecule has 0 saturated heterocycles. The molecule has 7 nitrogen and oxygen atoms in total. The molecule has 3 amide bonds. The van der Waals surface area contributed by atoms with Gasteiger partial charge in [-0.05, 0) is 54.7 Å². The predicted molar refractivity (Wildman–Crippen MR) is 135 cm³/mol. The average Bonchev–Trinajstić information content (AvgIpc) is 3.71. The normalized spacial score (nSPS) is 17.3. The Hall–Kier alpha value is -4.13. The lowest BCUT2D eigenvalue weighted by molar-refractivity contribution is -0.129. The van der Waals surface area contributed by atoms with Crippen LogP contribution in [0.2, 0.25) is 0 Å². The van der Waals surface area contributed by atoms with Gasteiger partial charge < -0.3 is 20.3 Å². The Morgan fingerprint density at radius 3 is 2.31 bits per heavy atom. The van der Waals surface area contributed by atoms with Gasteiger partial charge in [-0.1, -0.05) is 60.7 Å². The van der Waals surface area contributed by atoms with Gasteiger partial charge in [0.25, 0.3) is 5.91 Å². The fraction of sp³-hybridized carbons (Fsp3) is 0.276. The molecule has 5 rings (SSSR count). The van der Waals surface area contributed by atoms with Crippen LogP contribution >= 0.6 is 0 Å². The monoisotopic (exact) mass is 483 g/mol. The number of amides is 3. The van der Waals surface area contributed by atoms with Gasteiger partial charge in [0.15, 0.2) is 0 Å². The van der Waals surface area contributed by atoms with Crippen molar-refractivity contribution in [3.63, 3.8) is 0 Å². The number of hydrogen-bond donors (Lipinski definition) is 2. The molecule has 36 heavy (non-hydrogen) atoms. The van der Waals surface area contributed by atoms with Gasteiger partial charge in [-0.3, -0.25) is 14.4 Å². The second-order valence-electron chi connectivity index (χ2n) is 9.06. The Labute approximate surface area is 210 Å². The molecular weight excluding hydrogens is 454 g/mol. The number of rotatable bonds is 9. The summed E-state index contributed by atoms with van der Waals surface area (Å²) in [7, 11) is 0. The van der Waals surface area contributed by atoms with Crippen molar-refractivity contribution >= 4 is 17.7 Å². The van der Waals surface area contributed by atoms with E-state index >= 15 is 0 Å². The van der Waals surface area contributed by atoms with Crippen molar-refractivity contribution < 1.29 is 19.1 Å². The Morgan fingerprint density at radius 2 is 1.61 bits per heavy atom. The topological polar surface area (TPSA) is 87.7 Å². The number of carbonyl (C=O) groups is 3. The average molecular weight is 484 g/mol. The molecule has 1 fully saturated rings. The smallest absolute Gasteiger partial charge is 0.255 e. The second-order valence-corrected chi connectivity index (χ2v) is 9.06. The molecule has 0 aromatic heterocycles. The van der Waals surface area contributed by atoms with Crippen molar-refractivity contribution in [3.8, 4) is 5.75 Å². The largest absolute Gasteiger partial charge is 0.494 e. The number of benzene rings is 3. The Morgan fingerprint density at radius 1 is 0.944 bits per heavy atom. The van der Waals surface area contributed by atoms with Crippen molar-refractivity contribution in [2.45, 2.75) is 37.9 Å². The molecule has 1 saturated carbocycles. The second kappa shape index (κ2) is 10.2. The predicted octanol–water partition coefficient (Wildman–Crippen LogP) is 3.77. The van der Waals surface area contributed by atoms with Crippen molar-refractivity contribution in [2.24, 2.45) is 0 Å². The molecule has 1 aliphatic carbocycles. The summed E-state index contributed by atoms with van der Waals surface area (Å²) in [4.78, 5) is 40.8. The Bertz CT molecular complexity index is 1260. The maximum Gasteiger partial charge on any atom is 0.255 e. The fourth-order valence-corrected chi connectivity index (χ4v) is 4.74. The van der Waals surface area contributed by atoms with Gasteiger partial charge in [0, 0.05) is 11.6 Å². The third-order valence-corrected chi connectivity index (χ3v) is 6.57. The quantitative estimate of drug-likeness (QED) is 0.485. The van der Waals surface area contributed by atoms with Crippen LogP contribution in [0.5, 0.6) is 5.75 Å². The van der Waals surface area contributed by atoms with E-state index in [1.807, 2.05) is 73.7 Å². The molecule has 1 aliphatic heterocycles. The molecule has 3 aromatic rings. The zero-order valence-electron chi connectivity index (χ0n) is 20.1. The minimum atomic E-state index is -0.704. The molecule has 0 spiro atoms. The van der Waals surface area contributed by atoms with Crippen LogP contribution < -0.4 is 15.4 Å². The lowest BCUT2D eigenvalue weighted by Gasteiger charge is -2.25. The highest BCUT2D eigenvalue weighted by Crippen LogP contribution is 2.41. The summed E-state index contributed by atoms with van der Waals surface area (Å²) in [6.07, 6.45) is 1.79. The van der Waals surface area contributed by atoms with E-state index in [0.717, 1.165) is 29.7 Å². The van der Waals surface area contributed by atoms with E-state index in [1.54, 1.807) is 17.0 Å². The SMILES string of the molecule is CCOc1ccc([C@@H](NC(=O)CNC(=O)[C@@H]2c3ccccc3C(=O)N2C2CC2)c2ccccc2)cc1. The molecule has 0 unspecified atom stereocenters. The van der Waals surface area contributed by atoms with Gasteiger partial charge in [-0.15, -0.1) is 0 Å². The summed E-state index contributed by atoms with van der Waals surface area (Å²) >= 11 is 0. The van der Waals surface area contributed by atoms with Crippen molar-refractivity contribution in [1.29, 1.82) is 0 Å². The number of fused-ring (bicyclic) bond motifs is 1.